The molecule has 14 heavy (non-hydrogen) atoms. The smallest absolute Gasteiger partial charge is 0.251 e. The van der Waals surface area contributed by atoms with Crippen molar-refractivity contribution in [2.45, 2.75) is 32.6 Å². The van der Waals surface area contributed by atoms with Gasteiger partial charge in [0.1, 0.15) is 5.04 Å². The van der Waals surface area contributed by atoms with E-state index in [1.807, 2.05) is 6.92 Å². The fourth-order valence-corrected chi connectivity index (χ4v) is 1.93. The number of carbonyl (C=O) groups excluding carboxylic acids is 1. The van der Waals surface area contributed by atoms with E-state index in [9.17, 15) is 4.79 Å². The van der Waals surface area contributed by atoms with Crippen molar-refractivity contribution in [1.29, 1.82) is 0 Å². The molecule has 5 heteroatoms. The summed E-state index contributed by atoms with van der Waals surface area (Å²) in [4.78, 5) is 15.4. The molecule has 1 aliphatic heterocycles. The Bertz CT molecular complexity index is 307. The Morgan fingerprint density at radius 1 is 1.64 bits per heavy atom. The largest absolute Gasteiger partial charge is 0.272 e. The average molecular weight is 210 g/mol. The highest BCUT2D eigenvalue weighted by Crippen LogP contribution is 2.28. The standard InChI is InChI=1S/C9H12N3OS/c1-2-7-11-12-9(14-7)10-8(13)6-4-3-5-6/h6H,2-5H2,1H3. The lowest BCUT2D eigenvalue weighted by molar-refractivity contribution is -0.123. The van der Waals surface area contributed by atoms with Gasteiger partial charge in [-0.1, -0.05) is 13.3 Å². The Hall–Kier alpha value is -0.840. The highest BCUT2D eigenvalue weighted by molar-refractivity contribution is 8.26. The highest BCUT2D eigenvalue weighted by Gasteiger charge is 2.26. The first kappa shape index (κ1) is 9.71. The van der Waals surface area contributed by atoms with Gasteiger partial charge in [0.25, 0.3) is 5.91 Å². The van der Waals surface area contributed by atoms with Crippen molar-refractivity contribution in [2.24, 2.45) is 16.0 Å². The number of nitrogens with zero attached hydrogens (tertiary/aromatic N) is 3. The molecule has 1 fully saturated rings. The van der Waals surface area contributed by atoms with Crippen molar-refractivity contribution in [3.8, 4) is 0 Å². The molecule has 0 aromatic heterocycles. The van der Waals surface area contributed by atoms with E-state index in [1.165, 1.54) is 11.8 Å². The zero-order chi connectivity index (χ0) is 9.97. The predicted molar refractivity (Wildman–Crippen MR) is 57.2 cm³/mol. The first-order chi connectivity index (χ1) is 6.79. The number of amides is 1. The van der Waals surface area contributed by atoms with E-state index in [-0.39, 0.29) is 11.8 Å². The van der Waals surface area contributed by atoms with Crippen molar-refractivity contribution >= 4 is 27.9 Å². The van der Waals surface area contributed by atoms with E-state index in [0.29, 0.717) is 5.17 Å². The molecule has 1 aliphatic carbocycles. The summed E-state index contributed by atoms with van der Waals surface area (Å²) >= 11 is 1.40. The zero-order valence-electron chi connectivity index (χ0n) is 8.06. The normalized spacial score (nSPS) is 24.4. The second-order valence-electron chi connectivity index (χ2n) is 3.41. The summed E-state index contributed by atoms with van der Waals surface area (Å²) < 4.78 is 0. The minimum atomic E-state index is -0.0185. The molecule has 0 aromatic carbocycles. The van der Waals surface area contributed by atoms with Crippen LogP contribution in [-0.2, 0) is 4.79 Å². The molecule has 1 radical (unpaired) electrons. The minimum absolute atomic E-state index is 0.0185. The average Bonchev–Trinajstić information content (AvgIpc) is 2.48. The number of amidine groups is 1. The second kappa shape index (κ2) is 4.13. The predicted octanol–water partition coefficient (Wildman–Crippen LogP) is 1.74. The lowest BCUT2D eigenvalue weighted by Crippen LogP contribution is -2.21. The lowest BCUT2D eigenvalue weighted by Gasteiger charge is -2.21. The van der Waals surface area contributed by atoms with Gasteiger partial charge in [-0.05, 0) is 31.0 Å². The summed E-state index contributed by atoms with van der Waals surface area (Å²) in [7, 11) is 0. The molecule has 0 saturated heterocycles. The summed E-state index contributed by atoms with van der Waals surface area (Å²) in [5.74, 6) is 0.138. The van der Waals surface area contributed by atoms with E-state index < -0.39 is 0 Å². The first-order valence-electron chi connectivity index (χ1n) is 4.87. The fourth-order valence-electron chi connectivity index (χ4n) is 1.27. The molecular formula is C9H12N3OS. The Morgan fingerprint density at radius 3 is 2.93 bits per heavy atom. The number of carbonyl (C=O) groups is 1. The van der Waals surface area contributed by atoms with Crippen LogP contribution in [0.1, 0.15) is 32.6 Å². The summed E-state index contributed by atoms with van der Waals surface area (Å²) in [5, 5.41) is 5.36. The van der Waals surface area contributed by atoms with E-state index >= 15 is 0 Å². The number of aliphatic imine (C=N–C) groups is 1. The van der Waals surface area contributed by atoms with Crippen LogP contribution in [0.2, 0.25) is 0 Å². The maximum Gasteiger partial charge on any atom is 0.251 e. The van der Waals surface area contributed by atoms with Crippen molar-refractivity contribution in [1.82, 2.24) is 5.43 Å². The molecule has 4 nitrogen and oxygen atoms in total. The molecule has 0 N–H and O–H groups in total. The first-order valence-corrected chi connectivity index (χ1v) is 5.69. The van der Waals surface area contributed by atoms with E-state index in [0.717, 1.165) is 30.7 Å². The molecule has 0 spiro atoms. The molecule has 2 aliphatic rings. The molecule has 1 amide bonds. The van der Waals surface area contributed by atoms with Crippen LogP contribution in [0.3, 0.4) is 0 Å². The molecule has 0 atom stereocenters. The van der Waals surface area contributed by atoms with Crippen molar-refractivity contribution in [3.63, 3.8) is 0 Å². The van der Waals surface area contributed by atoms with Gasteiger partial charge >= 0.3 is 0 Å². The van der Waals surface area contributed by atoms with Crippen molar-refractivity contribution in [2.75, 3.05) is 0 Å². The molecule has 2 rings (SSSR count). The fraction of sp³-hybridized carbons (Fsp3) is 0.667. The molecule has 0 unspecified atom stereocenters. The van der Waals surface area contributed by atoms with Crippen LogP contribution in [0.4, 0.5) is 0 Å². The Kier molecular flexibility index (Phi) is 2.86. The van der Waals surface area contributed by atoms with Gasteiger partial charge in [0.2, 0.25) is 5.17 Å². The lowest BCUT2D eigenvalue weighted by atomic mass is 9.85. The summed E-state index contributed by atoms with van der Waals surface area (Å²) in [6, 6.07) is 0. The van der Waals surface area contributed by atoms with E-state index in [1.54, 1.807) is 0 Å². The number of hydrogen-bond donors (Lipinski definition) is 0. The molecular weight excluding hydrogens is 198 g/mol. The van der Waals surface area contributed by atoms with Gasteiger partial charge in [-0.3, -0.25) is 4.79 Å². The second-order valence-corrected chi connectivity index (χ2v) is 4.45. The maximum absolute atomic E-state index is 11.5. The number of rotatable bonds is 2. The number of hydrogen-bond acceptors (Lipinski definition) is 3. The third-order valence-electron chi connectivity index (χ3n) is 2.42. The summed E-state index contributed by atoms with van der Waals surface area (Å²) in [6.45, 7) is 2.01. The monoisotopic (exact) mass is 210 g/mol. The van der Waals surface area contributed by atoms with Crippen LogP contribution in [0.15, 0.2) is 10.1 Å². The van der Waals surface area contributed by atoms with Crippen molar-refractivity contribution < 1.29 is 4.79 Å². The SMILES string of the molecule is CCC1=N[N]C(=NC(=O)C2CCC2)S1. The van der Waals surface area contributed by atoms with Crippen LogP contribution in [0.5, 0.6) is 0 Å². The van der Waals surface area contributed by atoms with E-state index in [2.05, 4.69) is 15.5 Å². The van der Waals surface area contributed by atoms with Crippen LogP contribution >= 0.6 is 11.8 Å². The minimum Gasteiger partial charge on any atom is -0.272 e. The topological polar surface area (TPSA) is 55.9 Å². The quantitative estimate of drug-likeness (QED) is 0.697. The van der Waals surface area contributed by atoms with E-state index in [4.69, 9.17) is 0 Å². The van der Waals surface area contributed by atoms with Crippen LogP contribution in [-0.4, -0.2) is 16.1 Å². The van der Waals surface area contributed by atoms with Gasteiger partial charge in [-0.25, -0.2) is 0 Å². The summed E-state index contributed by atoms with van der Waals surface area (Å²) in [6.07, 6.45) is 3.98. The molecule has 1 heterocycles. The molecule has 0 aromatic rings. The third-order valence-corrected chi connectivity index (χ3v) is 3.38. The highest BCUT2D eigenvalue weighted by atomic mass is 32.2. The van der Waals surface area contributed by atoms with Crippen molar-refractivity contribution in [3.05, 3.63) is 0 Å². The van der Waals surface area contributed by atoms with Gasteiger partial charge < -0.3 is 0 Å². The molecule has 75 valence electrons. The molecule has 1 saturated carbocycles. The Labute approximate surface area is 87.2 Å². The van der Waals surface area contributed by atoms with Crippen LogP contribution in [0, 0.1) is 5.92 Å². The Morgan fingerprint density at radius 2 is 2.43 bits per heavy atom. The third kappa shape index (κ3) is 1.97. The van der Waals surface area contributed by atoms with Gasteiger partial charge in [-0.2, -0.15) is 4.99 Å². The summed E-state index contributed by atoms with van der Waals surface area (Å²) in [5.41, 5.74) is 3.85. The van der Waals surface area contributed by atoms with Gasteiger partial charge in [-0.15, -0.1) is 10.5 Å². The van der Waals surface area contributed by atoms with Crippen LogP contribution < -0.4 is 5.43 Å². The Balaban J connectivity index is 1.90. The van der Waals surface area contributed by atoms with Gasteiger partial charge in [0, 0.05) is 5.92 Å². The maximum atomic E-state index is 11.5. The number of thioether (sulfide) groups is 1. The van der Waals surface area contributed by atoms with Gasteiger partial charge in [0.05, 0.1) is 0 Å². The zero-order valence-corrected chi connectivity index (χ0v) is 8.88. The molecule has 0 bridgehead atoms. The van der Waals surface area contributed by atoms with Gasteiger partial charge in [0.15, 0.2) is 0 Å². The van der Waals surface area contributed by atoms with Crippen LogP contribution in [0.25, 0.3) is 0 Å².